The Balaban J connectivity index is 0.814. The maximum atomic E-state index is 6.73. The van der Waals surface area contributed by atoms with Gasteiger partial charge in [-0.05, 0) is 203 Å². The highest BCUT2D eigenvalue weighted by molar-refractivity contribution is 6.26. The third kappa shape index (κ3) is 7.17. The van der Waals surface area contributed by atoms with Gasteiger partial charge in [0.1, 0.15) is 22.3 Å². The molecular formula is C82H48O2. The van der Waals surface area contributed by atoms with Gasteiger partial charge >= 0.3 is 0 Å². The average Bonchev–Trinajstić information content (AvgIpc) is 1.93. The normalized spacial score (nSPS) is 12.0. The van der Waals surface area contributed by atoms with E-state index in [2.05, 4.69) is 291 Å². The van der Waals surface area contributed by atoms with Crippen molar-refractivity contribution in [2.75, 3.05) is 0 Å². The maximum absolute atomic E-state index is 6.73. The summed E-state index contributed by atoms with van der Waals surface area (Å²) in [6, 6.07) is 107. The third-order valence-electron chi connectivity index (χ3n) is 18.0. The van der Waals surface area contributed by atoms with Crippen molar-refractivity contribution in [3.05, 3.63) is 291 Å². The summed E-state index contributed by atoms with van der Waals surface area (Å²) in [6.07, 6.45) is 0. The molecule has 0 aliphatic carbocycles. The van der Waals surface area contributed by atoms with Gasteiger partial charge in [0.2, 0.25) is 0 Å². The van der Waals surface area contributed by atoms with Gasteiger partial charge in [-0.2, -0.15) is 0 Å². The fourth-order valence-electron chi connectivity index (χ4n) is 14.1. The van der Waals surface area contributed by atoms with E-state index in [1.165, 1.54) is 109 Å². The zero-order valence-electron chi connectivity index (χ0n) is 45.5. The van der Waals surface area contributed by atoms with Crippen molar-refractivity contribution in [1.29, 1.82) is 0 Å². The fraction of sp³-hybridized carbons (Fsp3) is 0. The monoisotopic (exact) mass is 1060 g/mol. The molecule has 18 aromatic rings. The van der Waals surface area contributed by atoms with Crippen LogP contribution in [0.1, 0.15) is 0 Å². The van der Waals surface area contributed by atoms with E-state index >= 15 is 0 Å². The molecular weight excluding hydrogens is 1020 g/mol. The van der Waals surface area contributed by atoms with E-state index in [-0.39, 0.29) is 0 Å². The van der Waals surface area contributed by atoms with Crippen LogP contribution in [0.15, 0.2) is 300 Å². The summed E-state index contributed by atoms with van der Waals surface area (Å²) in [5, 5.41) is 21.3. The number of fused-ring (bicyclic) bond motifs is 13. The van der Waals surface area contributed by atoms with Crippen molar-refractivity contribution >= 4 is 119 Å². The lowest BCUT2D eigenvalue weighted by Crippen LogP contribution is -1.92. The molecule has 0 atom stereocenters. The average molecular weight is 1070 g/mol. The van der Waals surface area contributed by atoms with Crippen LogP contribution in [0, 0.1) is 0 Å². The summed E-state index contributed by atoms with van der Waals surface area (Å²) in [4.78, 5) is 0. The quantitative estimate of drug-likeness (QED) is 0.155. The van der Waals surface area contributed by atoms with Crippen molar-refractivity contribution in [2.24, 2.45) is 0 Å². The standard InChI is InChI=1S/C82H48O2/c1-2-15-49(16-3-1)50-29-31-52(32-30-50)79-63-22-8-9-23-64(63)81(59-37-40-75-70(45-59)72-42-53-18-4-5-19-54(53)47-77(72)83-75)74-43-56(35-38-69(74)79)55-33-34-57-48-78-73(46-60(57)41-55)71-44-58(36-39-76(71)84-78)80-65-24-10-12-26-67(65)82(68-27-13-11-25-66(68)80)62-28-14-20-51-17-6-7-21-61(51)62/h1-48H. The Labute approximate surface area is 483 Å². The molecule has 0 fully saturated rings. The lowest BCUT2D eigenvalue weighted by molar-refractivity contribution is 0.669. The Hall–Kier alpha value is -11.1. The molecule has 0 aliphatic rings. The van der Waals surface area contributed by atoms with Gasteiger partial charge < -0.3 is 8.83 Å². The molecule has 2 aromatic heterocycles. The molecule has 0 aliphatic heterocycles. The molecule has 388 valence electrons. The Morgan fingerprint density at radius 1 is 0.155 bits per heavy atom. The van der Waals surface area contributed by atoms with Crippen molar-refractivity contribution in [3.8, 4) is 66.8 Å². The van der Waals surface area contributed by atoms with Gasteiger partial charge in [-0.1, -0.05) is 231 Å². The van der Waals surface area contributed by atoms with Crippen LogP contribution >= 0.6 is 0 Å². The molecule has 0 amide bonds. The zero-order valence-corrected chi connectivity index (χ0v) is 45.5. The molecule has 0 unspecified atom stereocenters. The van der Waals surface area contributed by atoms with Crippen LogP contribution in [0.25, 0.3) is 186 Å². The van der Waals surface area contributed by atoms with Gasteiger partial charge in [0.15, 0.2) is 0 Å². The number of rotatable bonds is 6. The molecule has 0 saturated heterocycles. The Kier molecular flexibility index (Phi) is 10.1. The first-order valence-electron chi connectivity index (χ1n) is 28.9. The van der Waals surface area contributed by atoms with Crippen LogP contribution in [0.2, 0.25) is 0 Å². The van der Waals surface area contributed by atoms with Crippen LogP contribution < -0.4 is 0 Å². The van der Waals surface area contributed by atoms with E-state index in [0.29, 0.717) is 0 Å². The number of benzene rings is 16. The number of hydrogen-bond donors (Lipinski definition) is 0. The summed E-state index contributed by atoms with van der Waals surface area (Å²) in [5.74, 6) is 0. The highest BCUT2D eigenvalue weighted by atomic mass is 16.3. The van der Waals surface area contributed by atoms with Crippen LogP contribution in [-0.2, 0) is 0 Å². The van der Waals surface area contributed by atoms with E-state index in [0.717, 1.165) is 76.9 Å². The lowest BCUT2D eigenvalue weighted by Gasteiger charge is -2.19. The maximum Gasteiger partial charge on any atom is 0.136 e. The molecule has 0 saturated carbocycles. The van der Waals surface area contributed by atoms with Crippen LogP contribution in [-0.4, -0.2) is 0 Å². The minimum atomic E-state index is 0.875. The van der Waals surface area contributed by atoms with Gasteiger partial charge in [-0.3, -0.25) is 0 Å². The molecule has 0 bridgehead atoms. The van der Waals surface area contributed by atoms with E-state index < -0.39 is 0 Å². The second-order valence-electron chi connectivity index (χ2n) is 22.6. The van der Waals surface area contributed by atoms with Gasteiger partial charge in [-0.15, -0.1) is 0 Å². The fourth-order valence-corrected chi connectivity index (χ4v) is 14.1. The predicted molar refractivity (Wildman–Crippen MR) is 356 cm³/mol. The topological polar surface area (TPSA) is 26.3 Å². The molecule has 2 heteroatoms. The summed E-state index contributed by atoms with van der Waals surface area (Å²) in [6.45, 7) is 0. The van der Waals surface area contributed by atoms with E-state index in [1.54, 1.807) is 0 Å². The first-order valence-corrected chi connectivity index (χ1v) is 28.9. The summed E-state index contributed by atoms with van der Waals surface area (Å²) >= 11 is 0. The minimum absolute atomic E-state index is 0.875. The minimum Gasteiger partial charge on any atom is -0.456 e. The SMILES string of the molecule is c1ccc(-c2ccc(-c3c4ccccc4c(-c4ccc5oc6cc7ccccc7cc6c5c4)c4cc(-c5ccc6cc7oc8ccc(-c9c%10ccccc%10c(-c%10cccc%11ccccc%10%11)c%10ccccc9%10)cc8c7cc6c5)ccc34)cc2)cc1. The molecule has 0 radical (unpaired) electrons. The molecule has 16 aromatic carbocycles. The van der Waals surface area contributed by atoms with E-state index in [9.17, 15) is 0 Å². The van der Waals surface area contributed by atoms with E-state index in [1.807, 2.05) is 0 Å². The second kappa shape index (κ2) is 18.2. The second-order valence-corrected chi connectivity index (χ2v) is 22.6. The highest BCUT2D eigenvalue weighted by Gasteiger charge is 2.22. The first kappa shape index (κ1) is 46.7. The van der Waals surface area contributed by atoms with Crippen LogP contribution in [0.3, 0.4) is 0 Å². The number of furan rings is 2. The molecule has 0 N–H and O–H groups in total. The van der Waals surface area contributed by atoms with Gasteiger partial charge in [0.05, 0.1) is 0 Å². The smallest absolute Gasteiger partial charge is 0.136 e. The number of hydrogen-bond acceptors (Lipinski definition) is 2. The lowest BCUT2D eigenvalue weighted by atomic mass is 9.84. The largest absolute Gasteiger partial charge is 0.456 e. The Morgan fingerprint density at radius 2 is 0.536 bits per heavy atom. The van der Waals surface area contributed by atoms with Gasteiger partial charge in [0, 0.05) is 21.5 Å². The summed E-state index contributed by atoms with van der Waals surface area (Å²) in [7, 11) is 0. The van der Waals surface area contributed by atoms with Crippen molar-refractivity contribution in [1.82, 2.24) is 0 Å². The molecule has 2 heterocycles. The Morgan fingerprint density at radius 3 is 1.15 bits per heavy atom. The molecule has 84 heavy (non-hydrogen) atoms. The summed E-state index contributed by atoms with van der Waals surface area (Å²) < 4.78 is 13.3. The van der Waals surface area contributed by atoms with Gasteiger partial charge in [-0.25, -0.2) is 0 Å². The van der Waals surface area contributed by atoms with Crippen molar-refractivity contribution < 1.29 is 8.83 Å². The molecule has 18 rings (SSSR count). The van der Waals surface area contributed by atoms with Crippen molar-refractivity contribution in [3.63, 3.8) is 0 Å². The highest BCUT2D eigenvalue weighted by Crippen LogP contribution is 2.49. The van der Waals surface area contributed by atoms with Crippen LogP contribution in [0.4, 0.5) is 0 Å². The molecule has 0 spiro atoms. The van der Waals surface area contributed by atoms with Crippen LogP contribution in [0.5, 0.6) is 0 Å². The zero-order chi connectivity index (χ0) is 55.0. The molecule has 2 nitrogen and oxygen atoms in total. The van der Waals surface area contributed by atoms with Crippen molar-refractivity contribution in [2.45, 2.75) is 0 Å². The van der Waals surface area contributed by atoms with E-state index in [4.69, 9.17) is 8.83 Å². The summed E-state index contributed by atoms with van der Waals surface area (Å²) in [5.41, 5.74) is 17.9. The predicted octanol–water partition coefficient (Wildman–Crippen LogP) is 23.6. The van der Waals surface area contributed by atoms with Gasteiger partial charge in [0.25, 0.3) is 0 Å². The first-order chi connectivity index (χ1) is 41.6. The third-order valence-corrected chi connectivity index (χ3v) is 18.0. The Bertz CT molecular complexity index is 5720.